The maximum absolute atomic E-state index is 13.9. The Morgan fingerprint density at radius 1 is 0.636 bits per heavy atom. The van der Waals surface area contributed by atoms with Gasteiger partial charge in [0.15, 0.2) is 0 Å². The van der Waals surface area contributed by atoms with Crippen molar-refractivity contribution in [1.29, 1.82) is 0 Å². The van der Waals surface area contributed by atoms with Crippen LogP contribution in [0.5, 0.6) is 0 Å². The Bertz CT molecular complexity index is 1800. The van der Waals surface area contributed by atoms with E-state index in [-0.39, 0.29) is 19.4 Å². The molecule has 8 amide bonds. The number of aliphatic hydroxyl groups is 2. The van der Waals surface area contributed by atoms with E-state index in [0.29, 0.717) is 6.42 Å². The number of hydrogen-bond donors (Lipinski definition) is 14. The molecule has 0 spiro atoms. The summed E-state index contributed by atoms with van der Waals surface area (Å²) in [6.45, 7) is 6.04. The highest BCUT2D eigenvalue weighted by atomic mass is 16.4. The van der Waals surface area contributed by atoms with Crippen molar-refractivity contribution in [1.82, 2.24) is 42.1 Å². The second-order valence-corrected chi connectivity index (χ2v) is 16.1. The molecule has 0 aromatic rings. The van der Waals surface area contributed by atoms with Crippen molar-refractivity contribution < 1.29 is 88.2 Å². The van der Waals surface area contributed by atoms with E-state index < -0.39 is 183 Å². The molecule has 0 aromatic carbocycles. The summed E-state index contributed by atoms with van der Waals surface area (Å²) < 4.78 is 0. The smallest absolute Gasteiger partial charge is 0.326 e. The van der Waals surface area contributed by atoms with Gasteiger partial charge in [0.25, 0.3) is 0 Å². The molecular weight excluding hydrogens is 882 g/mol. The van der Waals surface area contributed by atoms with E-state index in [0.717, 1.165) is 11.8 Å². The van der Waals surface area contributed by atoms with Crippen LogP contribution in [0.2, 0.25) is 0 Å². The van der Waals surface area contributed by atoms with Gasteiger partial charge in [0, 0.05) is 19.4 Å². The fourth-order valence-electron chi connectivity index (χ4n) is 6.45. The number of hydrogen-bond acceptors (Lipinski definition) is 15. The van der Waals surface area contributed by atoms with Crippen LogP contribution in [0.15, 0.2) is 0 Å². The van der Waals surface area contributed by atoms with Crippen LogP contribution >= 0.6 is 0 Å². The first kappa shape index (κ1) is 57.5. The van der Waals surface area contributed by atoms with E-state index in [1.807, 2.05) is 5.32 Å². The monoisotopic (exact) mass is 945 g/mol. The van der Waals surface area contributed by atoms with E-state index in [9.17, 15) is 78.0 Å². The molecule has 66 heavy (non-hydrogen) atoms. The number of carbonyl (C=O) groups excluding carboxylic acids is 8. The van der Waals surface area contributed by atoms with Crippen molar-refractivity contribution in [2.24, 2.45) is 17.6 Å². The molecule has 1 aliphatic rings. The van der Waals surface area contributed by atoms with Crippen molar-refractivity contribution in [2.75, 3.05) is 19.7 Å². The van der Waals surface area contributed by atoms with E-state index in [1.165, 1.54) is 20.8 Å². The van der Waals surface area contributed by atoms with Gasteiger partial charge in [-0.2, -0.15) is 0 Å². The molecule has 15 N–H and O–H groups in total. The highest BCUT2D eigenvalue weighted by molar-refractivity contribution is 5.98. The topological polar surface area (TPSA) is 440 Å². The van der Waals surface area contributed by atoms with Crippen LogP contribution in [0, 0.1) is 11.8 Å². The third-order valence-corrected chi connectivity index (χ3v) is 10.5. The Hall–Kier alpha value is -6.48. The second kappa shape index (κ2) is 27.8. The number of amides is 8. The number of nitrogens with two attached hydrogens (primary N) is 1. The van der Waals surface area contributed by atoms with Crippen LogP contribution < -0.4 is 43.0 Å². The normalized spacial score (nSPS) is 17.5. The standard InChI is InChI=1S/C39H63N9O18/c1-6-18(4)30(46-38(64)31(19(5)50)47-35(61)24-8-7-13-48(24)25(51)15-41-32(58)20(40)16-49)37(63)43-21(9-11-26(52)53)33(59)42-22(10-12-27(54)55)34(60)45-29(17(2)3)36(62)44-23(39(65)66)14-28(56)57/h17-24,29-31,49-50H,6-16,40H2,1-5H3,(H,41,58)(H,42,59)(H,43,63)(H,44,62)(H,45,60)(H,46,64)(H,47,61)(H,52,53)(H,54,55)(H,56,57)(H,65,66)/t18-,19+,20-,21-,22-,23-,24-,29-,30-,31-/m0/s1. The Morgan fingerprint density at radius 3 is 1.59 bits per heavy atom. The number of aliphatic carboxylic acids is 4. The Labute approximate surface area is 378 Å². The minimum Gasteiger partial charge on any atom is -0.481 e. The number of nitrogens with one attached hydrogen (secondary N) is 7. The van der Waals surface area contributed by atoms with E-state index in [2.05, 4.69) is 31.9 Å². The minimum absolute atomic E-state index is 0.100. The van der Waals surface area contributed by atoms with Crippen molar-refractivity contribution in [3.63, 3.8) is 0 Å². The molecule has 1 heterocycles. The first-order valence-electron chi connectivity index (χ1n) is 21.1. The van der Waals surface area contributed by atoms with Crippen LogP contribution in [-0.4, -0.2) is 181 Å². The van der Waals surface area contributed by atoms with Gasteiger partial charge in [-0.05, 0) is 44.4 Å². The van der Waals surface area contributed by atoms with E-state index in [1.54, 1.807) is 6.92 Å². The predicted octanol–water partition coefficient (Wildman–Crippen LogP) is -5.31. The highest BCUT2D eigenvalue weighted by Crippen LogP contribution is 2.18. The van der Waals surface area contributed by atoms with Crippen molar-refractivity contribution >= 4 is 71.1 Å². The molecule has 0 bridgehead atoms. The van der Waals surface area contributed by atoms with Gasteiger partial charge in [-0.1, -0.05) is 34.1 Å². The van der Waals surface area contributed by atoms with Crippen LogP contribution in [0.25, 0.3) is 0 Å². The van der Waals surface area contributed by atoms with Gasteiger partial charge >= 0.3 is 23.9 Å². The maximum Gasteiger partial charge on any atom is 0.326 e. The average molecular weight is 946 g/mol. The molecule has 1 aliphatic heterocycles. The maximum atomic E-state index is 13.9. The number of likely N-dealkylation sites (tertiary alicyclic amines) is 1. The fraction of sp³-hybridized carbons (Fsp3) is 0.692. The lowest BCUT2D eigenvalue weighted by Gasteiger charge is -2.31. The number of carboxylic acids is 4. The summed E-state index contributed by atoms with van der Waals surface area (Å²) in [6, 6.07) is -12.7. The summed E-state index contributed by atoms with van der Waals surface area (Å²) in [5.74, 6) is -15.6. The number of carboxylic acid groups (broad SMARTS) is 4. The van der Waals surface area contributed by atoms with E-state index >= 15 is 0 Å². The molecule has 10 atom stereocenters. The predicted molar refractivity (Wildman–Crippen MR) is 224 cm³/mol. The van der Waals surface area contributed by atoms with Crippen LogP contribution in [0.3, 0.4) is 0 Å². The molecule has 27 nitrogen and oxygen atoms in total. The van der Waals surface area contributed by atoms with Gasteiger partial charge in [-0.15, -0.1) is 0 Å². The Kier molecular flexibility index (Phi) is 24.2. The molecule has 0 aliphatic carbocycles. The van der Waals surface area contributed by atoms with Gasteiger partial charge in [0.05, 0.1) is 25.7 Å². The molecule has 0 radical (unpaired) electrons. The summed E-state index contributed by atoms with van der Waals surface area (Å²) in [5, 5.41) is 72.8. The van der Waals surface area contributed by atoms with Gasteiger partial charge < -0.3 is 78.5 Å². The number of carbonyl (C=O) groups is 12. The zero-order valence-electron chi connectivity index (χ0n) is 37.2. The molecular formula is C39H63N9O18. The average Bonchev–Trinajstić information content (AvgIpc) is 3.74. The van der Waals surface area contributed by atoms with Crippen molar-refractivity contribution in [2.45, 2.75) is 140 Å². The zero-order valence-corrected chi connectivity index (χ0v) is 37.2. The quantitative estimate of drug-likeness (QED) is 0.0333. The summed E-state index contributed by atoms with van der Waals surface area (Å²) >= 11 is 0. The van der Waals surface area contributed by atoms with Gasteiger partial charge in [0.2, 0.25) is 47.3 Å². The zero-order chi connectivity index (χ0) is 50.6. The lowest BCUT2D eigenvalue weighted by atomic mass is 9.96. The molecule has 1 fully saturated rings. The van der Waals surface area contributed by atoms with Gasteiger partial charge in [-0.3, -0.25) is 52.7 Å². The number of aliphatic hydroxyl groups excluding tert-OH is 2. The highest BCUT2D eigenvalue weighted by Gasteiger charge is 2.39. The van der Waals surface area contributed by atoms with Crippen molar-refractivity contribution in [3.8, 4) is 0 Å². The van der Waals surface area contributed by atoms with Gasteiger partial charge in [-0.25, -0.2) is 4.79 Å². The largest absolute Gasteiger partial charge is 0.481 e. The number of nitrogens with zero attached hydrogens (tertiary/aromatic N) is 1. The first-order chi connectivity index (χ1) is 30.7. The van der Waals surface area contributed by atoms with Crippen LogP contribution in [0.4, 0.5) is 0 Å². The molecule has 1 rings (SSSR count). The molecule has 27 heteroatoms. The summed E-state index contributed by atoms with van der Waals surface area (Å²) in [7, 11) is 0. The van der Waals surface area contributed by atoms with Gasteiger partial charge in [0.1, 0.15) is 48.3 Å². The molecule has 372 valence electrons. The van der Waals surface area contributed by atoms with E-state index in [4.69, 9.17) is 15.9 Å². The molecule has 1 saturated heterocycles. The Balaban J connectivity index is 3.35. The third kappa shape index (κ3) is 18.9. The third-order valence-electron chi connectivity index (χ3n) is 10.5. The van der Waals surface area contributed by atoms with Crippen molar-refractivity contribution in [3.05, 3.63) is 0 Å². The lowest BCUT2D eigenvalue weighted by molar-refractivity contribution is -0.147. The second-order valence-electron chi connectivity index (χ2n) is 16.1. The van der Waals surface area contributed by atoms with Crippen LogP contribution in [-0.2, 0) is 57.5 Å². The minimum atomic E-state index is -1.90. The lowest BCUT2D eigenvalue weighted by Crippen LogP contribution is -2.62. The molecule has 0 saturated carbocycles. The molecule has 0 aromatic heterocycles. The summed E-state index contributed by atoms with van der Waals surface area (Å²) in [4.78, 5) is 153. The molecule has 0 unspecified atom stereocenters. The SMILES string of the molecule is CC[C@H](C)[C@H](NC(=O)[C@@H](NC(=O)[C@@H]1CCCN1C(=O)CNC(=O)[C@@H](N)CO)[C@@H](C)O)C(=O)N[C@@H](CCC(=O)O)C(=O)N[C@@H](CCC(=O)O)C(=O)N[C@H](C(=O)N[C@@H](CC(=O)O)C(=O)O)C(C)C. The number of rotatable bonds is 29. The summed E-state index contributed by atoms with van der Waals surface area (Å²) in [6.07, 6.45) is -4.60. The fourth-order valence-corrected chi connectivity index (χ4v) is 6.45. The Morgan fingerprint density at radius 2 is 1.12 bits per heavy atom. The van der Waals surface area contributed by atoms with Crippen LogP contribution in [0.1, 0.15) is 86.0 Å². The first-order valence-corrected chi connectivity index (χ1v) is 21.1. The summed E-state index contributed by atoms with van der Waals surface area (Å²) in [5.41, 5.74) is 5.44.